The molecule has 3 heteroatoms. The van der Waals surface area contributed by atoms with Gasteiger partial charge in [0, 0.05) is 13.1 Å². The Balaban J connectivity index is 2.17. The van der Waals surface area contributed by atoms with Crippen molar-refractivity contribution < 1.29 is 4.79 Å². The molecular weight excluding hydrogens is 272 g/mol. The van der Waals surface area contributed by atoms with Crippen LogP contribution in [-0.4, -0.2) is 36.0 Å². The van der Waals surface area contributed by atoms with E-state index in [9.17, 15) is 4.79 Å². The highest BCUT2D eigenvalue weighted by molar-refractivity contribution is 5.86. The highest BCUT2D eigenvalue weighted by atomic mass is 16.2. The van der Waals surface area contributed by atoms with E-state index in [0.29, 0.717) is 5.91 Å². The summed E-state index contributed by atoms with van der Waals surface area (Å²) in [6, 6.07) is 0. The molecule has 0 aromatic rings. The summed E-state index contributed by atoms with van der Waals surface area (Å²) >= 11 is 0. The van der Waals surface area contributed by atoms with Gasteiger partial charge in [0.1, 0.15) is 0 Å². The molecule has 3 nitrogen and oxygen atoms in total. The second-order valence-corrected chi connectivity index (χ2v) is 6.84. The van der Waals surface area contributed by atoms with Crippen LogP contribution in [-0.2, 0) is 4.79 Å². The topological polar surface area (TPSA) is 32.3 Å². The van der Waals surface area contributed by atoms with Crippen LogP contribution >= 0.6 is 0 Å². The van der Waals surface area contributed by atoms with Crippen molar-refractivity contribution in [3.05, 3.63) is 0 Å². The van der Waals surface area contributed by atoms with Crippen molar-refractivity contribution >= 4 is 5.91 Å². The van der Waals surface area contributed by atoms with E-state index in [1.807, 2.05) is 4.90 Å². The Bertz CT molecular complexity index is 296. The summed E-state index contributed by atoms with van der Waals surface area (Å²) in [6.07, 6.45) is 13.7. The van der Waals surface area contributed by atoms with Crippen molar-refractivity contribution in [3.8, 4) is 0 Å². The molecule has 0 atom stereocenters. The van der Waals surface area contributed by atoms with Gasteiger partial charge >= 0.3 is 0 Å². The van der Waals surface area contributed by atoms with Gasteiger partial charge in [-0.2, -0.15) is 0 Å². The maximum Gasteiger partial charge on any atom is 0.242 e. The summed E-state index contributed by atoms with van der Waals surface area (Å²) in [5.74, 6) is 0.336. The highest BCUT2D eigenvalue weighted by Crippen LogP contribution is 2.22. The molecule has 1 saturated heterocycles. The summed E-state index contributed by atoms with van der Waals surface area (Å²) in [5, 5.41) is 3.60. The Kier molecular flexibility index (Phi) is 9.77. The fourth-order valence-electron chi connectivity index (χ4n) is 3.29. The van der Waals surface area contributed by atoms with Crippen LogP contribution in [0.5, 0.6) is 0 Å². The summed E-state index contributed by atoms with van der Waals surface area (Å²) in [7, 11) is 0. The maximum absolute atomic E-state index is 12.6. The monoisotopic (exact) mass is 310 g/mol. The first-order valence-corrected chi connectivity index (χ1v) is 9.74. The number of likely N-dealkylation sites (tertiary alicyclic amines) is 1. The average Bonchev–Trinajstić information content (AvgIpc) is 2.48. The molecule has 0 aromatic carbocycles. The van der Waals surface area contributed by atoms with Crippen molar-refractivity contribution in [3.63, 3.8) is 0 Å². The molecule has 0 unspecified atom stereocenters. The predicted octanol–water partition coefficient (Wildman–Crippen LogP) is 4.51. The van der Waals surface area contributed by atoms with Gasteiger partial charge in [0.2, 0.25) is 5.91 Å². The van der Waals surface area contributed by atoms with Crippen molar-refractivity contribution in [2.75, 3.05) is 19.6 Å². The van der Waals surface area contributed by atoms with E-state index in [1.165, 1.54) is 57.8 Å². The van der Waals surface area contributed by atoms with E-state index < -0.39 is 0 Å². The Morgan fingerprint density at radius 2 is 1.45 bits per heavy atom. The fraction of sp³-hybridized carbons (Fsp3) is 0.947. The molecule has 0 saturated carbocycles. The van der Waals surface area contributed by atoms with E-state index in [4.69, 9.17) is 0 Å². The Hall–Kier alpha value is -0.570. The number of nitrogens with zero attached hydrogens (tertiary/aromatic N) is 1. The zero-order valence-electron chi connectivity index (χ0n) is 15.3. The van der Waals surface area contributed by atoms with Gasteiger partial charge in [0.25, 0.3) is 0 Å². The largest absolute Gasteiger partial charge is 0.341 e. The zero-order chi connectivity index (χ0) is 16.3. The van der Waals surface area contributed by atoms with Crippen molar-refractivity contribution in [1.82, 2.24) is 10.2 Å². The van der Waals surface area contributed by atoms with Gasteiger partial charge in [-0.1, -0.05) is 65.7 Å². The molecule has 1 N–H and O–H groups in total. The molecule has 22 heavy (non-hydrogen) atoms. The van der Waals surface area contributed by atoms with Crippen LogP contribution in [0.25, 0.3) is 0 Å². The maximum atomic E-state index is 12.6. The molecule has 1 amide bonds. The lowest BCUT2D eigenvalue weighted by atomic mass is 9.89. The Morgan fingerprint density at radius 1 is 0.909 bits per heavy atom. The molecule has 0 bridgehead atoms. The number of hydrogen-bond acceptors (Lipinski definition) is 2. The standard InChI is InChI=1S/C19H38N2O/c1-4-7-8-9-10-11-12-13-15-20-19(5-2,6-3)18(22)21-16-14-17-21/h20H,4-17H2,1-3H3. The van der Waals surface area contributed by atoms with E-state index in [1.54, 1.807) is 0 Å². The Morgan fingerprint density at radius 3 is 1.91 bits per heavy atom. The lowest BCUT2D eigenvalue weighted by Crippen LogP contribution is -2.60. The molecule has 1 rings (SSSR count). The number of carbonyl (C=O) groups is 1. The van der Waals surface area contributed by atoms with E-state index in [-0.39, 0.29) is 5.54 Å². The predicted molar refractivity (Wildman–Crippen MR) is 95.1 cm³/mol. The third-order valence-corrected chi connectivity index (χ3v) is 5.25. The third-order valence-electron chi connectivity index (χ3n) is 5.25. The fourth-order valence-corrected chi connectivity index (χ4v) is 3.29. The van der Waals surface area contributed by atoms with Crippen LogP contribution < -0.4 is 5.32 Å². The van der Waals surface area contributed by atoms with Gasteiger partial charge in [0.15, 0.2) is 0 Å². The van der Waals surface area contributed by atoms with Crippen LogP contribution in [0.2, 0.25) is 0 Å². The molecule has 0 radical (unpaired) electrons. The molecule has 0 aromatic heterocycles. The molecule has 1 aliphatic rings. The summed E-state index contributed by atoms with van der Waals surface area (Å²) in [4.78, 5) is 14.7. The van der Waals surface area contributed by atoms with Crippen molar-refractivity contribution in [1.29, 1.82) is 0 Å². The number of unbranched alkanes of at least 4 members (excludes halogenated alkanes) is 7. The minimum Gasteiger partial charge on any atom is -0.341 e. The number of amides is 1. The molecule has 0 spiro atoms. The van der Waals surface area contributed by atoms with Gasteiger partial charge in [-0.25, -0.2) is 0 Å². The number of rotatable bonds is 13. The number of nitrogens with one attached hydrogen (secondary N) is 1. The SMILES string of the molecule is CCCCCCCCCCNC(CC)(CC)C(=O)N1CCC1. The van der Waals surface area contributed by atoms with Gasteiger partial charge in [0.05, 0.1) is 5.54 Å². The molecule has 1 heterocycles. The number of hydrogen-bond donors (Lipinski definition) is 1. The highest BCUT2D eigenvalue weighted by Gasteiger charge is 2.39. The van der Waals surface area contributed by atoms with Gasteiger partial charge in [-0.3, -0.25) is 4.79 Å². The molecule has 1 fully saturated rings. The average molecular weight is 311 g/mol. The summed E-state index contributed by atoms with van der Waals surface area (Å²) in [6.45, 7) is 9.45. The molecule has 130 valence electrons. The third kappa shape index (κ3) is 5.91. The quantitative estimate of drug-likeness (QED) is 0.508. The summed E-state index contributed by atoms with van der Waals surface area (Å²) < 4.78 is 0. The second-order valence-electron chi connectivity index (χ2n) is 6.84. The van der Waals surface area contributed by atoms with Crippen LogP contribution in [0.1, 0.15) is 91.4 Å². The van der Waals surface area contributed by atoms with Crippen LogP contribution in [0, 0.1) is 0 Å². The Labute approximate surface area is 138 Å². The lowest BCUT2D eigenvalue weighted by molar-refractivity contribution is -0.142. The molecular formula is C19H38N2O. The van der Waals surface area contributed by atoms with Crippen molar-refractivity contribution in [2.24, 2.45) is 0 Å². The van der Waals surface area contributed by atoms with Crippen LogP contribution in [0.15, 0.2) is 0 Å². The van der Waals surface area contributed by atoms with Crippen molar-refractivity contribution in [2.45, 2.75) is 96.9 Å². The first-order chi connectivity index (χ1) is 10.7. The zero-order valence-corrected chi connectivity index (χ0v) is 15.3. The molecule has 1 aliphatic heterocycles. The van der Waals surface area contributed by atoms with Gasteiger partial charge in [-0.05, 0) is 32.2 Å². The smallest absolute Gasteiger partial charge is 0.242 e. The second kappa shape index (κ2) is 11.0. The number of carbonyl (C=O) groups excluding carboxylic acids is 1. The first-order valence-electron chi connectivity index (χ1n) is 9.74. The van der Waals surface area contributed by atoms with Gasteiger partial charge < -0.3 is 10.2 Å². The normalized spacial score (nSPS) is 15.0. The van der Waals surface area contributed by atoms with E-state index in [0.717, 1.165) is 32.5 Å². The lowest BCUT2D eigenvalue weighted by Gasteiger charge is -2.41. The summed E-state index contributed by atoms with van der Waals surface area (Å²) in [5.41, 5.74) is -0.304. The van der Waals surface area contributed by atoms with E-state index in [2.05, 4.69) is 26.1 Å². The van der Waals surface area contributed by atoms with Crippen LogP contribution in [0.3, 0.4) is 0 Å². The van der Waals surface area contributed by atoms with Crippen LogP contribution in [0.4, 0.5) is 0 Å². The minimum atomic E-state index is -0.304. The minimum absolute atomic E-state index is 0.304. The van der Waals surface area contributed by atoms with E-state index >= 15 is 0 Å². The van der Waals surface area contributed by atoms with Gasteiger partial charge in [-0.15, -0.1) is 0 Å². The molecule has 0 aliphatic carbocycles. The first kappa shape index (κ1) is 19.5.